The van der Waals surface area contributed by atoms with Crippen LogP contribution in [-0.4, -0.2) is 25.0 Å². The molecular weight excluding hydrogens is 369 g/mol. The van der Waals surface area contributed by atoms with E-state index in [0.29, 0.717) is 5.82 Å². The van der Waals surface area contributed by atoms with E-state index in [4.69, 9.17) is 0 Å². The van der Waals surface area contributed by atoms with Gasteiger partial charge in [0, 0.05) is 31.7 Å². The molecule has 1 amide bonds. The molecule has 0 aliphatic carbocycles. The second-order valence-corrected chi connectivity index (χ2v) is 6.18. The number of benzene rings is 2. The van der Waals surface area contributed by atoms with Gasteiger partial charge in [0.1, 0.15) is 5.82 Å². The molecule has 0 aliphatic rings. The number of aromatic nitrogens is 1. The third-order valence-corrected chi connectivity index (χ3v) is 3.97. The molecule has 8 heteroatoms. The Balaban J connectivity index is 1.68. The molecule has 5 nitrogen and oxygen atoms in total. The Hall–Kier alpha value is -3.55. The molecule has 0 saturated carbocycles. The van der Waals surface area contributed by atoms with Crippen LogP contribution in [0.1, 0.15) is 10.4 Å². The molecule has 1 heterocycles. The number of carbonyl (C=O) groups is 1. The quantitative estimate of drug-likeness (QED) is 0.631. The van der Waals surface area contributed by atoms with E-state index in [2.05, 4.69) is 15.6 Å². The number of rotatable bonds is 5. The van der Waals surface area contributed by atoms with Gasteiger partial charge in [-0.25, -0.2) is 18.2 Å². The van der Waals surface area contributed by atoms with E-state index >= 15 is 0 Å². The molecule has 28 heavy (non-hydrogen) atoms. The van der Waals surface area contributed by atoms with E-state index in [0.717, 1.165) is 23.5 Å². The summed E-state index contributed by atoms with van der Waals surface area (Å²) < 4.78 is 39.9. The van der Waals surface area contributed by atoms with Crippen LogP contribution in [0.25, 0.3) is 0 Å². The zero-order valence-electron chi connectivity index (χ0n) is 15.1. The van der Waals surface area contributed by atoms with Gasteiger partial charge in [0.05, 0.1) is 11.3 Å². The maximum absolute atomic E-state index is 13.7. The number of pyridine rings is 1. The summed E-state index contributed by atoms with van der Waals surface area (Å²) >= 11 is 0. The van der Waals surface area contributed by atoms with Crippen LogP contribution >= 0.6 is 0 Å². The largest absolute Gasteiger partial charge is 0.378 e. The van der Waals surface area contributed by atoms with E-state index in [-0.39, 0.29) is 5.56 Å². The van der Waals surface area contributed by atoms with Gasteiger partial charge in [-0.15, -0.1) is 0 Å². The summed E-state index contributed by atoms with van der Waals surface area (Å²) in [6.45, 7) is 0. The first kappa shape index (κ1) is 19.2. The van der Waals surface area contributed by atoms with Crippen molar-refractivity contribution < 1.29 is 18.0 Å². The first-order valence-electron chi connectivity index (χ1n) is 8.30. The van der Waals surface area contributed by atoms with Gasteiger partial charge in [-0.05, 0) is 48.5 Å². The van der Waals surface area contributed by atoms with E-state index < -0.39 is 29.0 Å². The van der Waals surface area contributed by atoms with Gasteiger partial charge in [-0.3, -0.25) is 4.79 Å². The number of nitrogens with zero attached hydrogens (tertiary/aromatic N) is 2. The van der Waals surface area contributed by atoms with Gasteiger partial charge in [0.15, 0.2) is 17.5 Å². The highest BCUT2D eigenvalue weighted by molar-refractivity contribution is 6.04. The van der Waals surface area contributed by atoms with Gasteiger partial charge in [-0.2, -0.15) is 0 Å². The Morgan fingerprint density at radius 3 is 2.25 bits per heavy atom. The normalized spacial score (nSPS) is 10.5. The number of halogens is 3. The molecule has 0 saturated heterocycles. The monoisotopic (exact) mass is 386 g/mol. The van der Waals surface area contributed by atoms with Gasteiger partial charge in [0.2, 0.25) is 0 Å². The molecule has 3 rings (SSSR count). The number of carbonyl (C=O) groups excluding carboxylic acids is 1. The minimum Gasteiger partial charge on any atom is -0.378 e. The summed E-state index contributed by atoms with van der Waals surface area (Å²) in [7, 11) is 3.89. The van der Waals surface area contributed by atoms with Crippen molar-refractivity contribution in [2.75, 3.05) is 29.6 Å². The van der Waals surface area contributed by atoms with Gasteiger partial charge >= 0.3 is 0 Å². The van der Waals surface area contributed by atoms with Crippen LogP contribution in [0.5, 0.6) is 0 Å². The Bertz CT molecular complexity index is 990. The highest BCUT2D eigenvalue weighted by Crippen LogP contribution is 2.21. The summed E-state index contributed by atoms with van der Waals surface area (Å²) in [6, 6.07) is 12.4. The molecule has 1 aromatic heterocycles. The van der Waals surface area contributed by atoms with Gasteiger partial charge in [0.25, 0.3) is 5.91 Å². The number of amides is 1. The van der Waals surface area contributed by atoms with E-state index in [1.165, 1.54) is 12.3 Å². The minimum absolute atomic E-state index is 0.137. The SMILES string of the molecule is CN(C)c1ccc(Nc2ccc(C(=O)Nc3ccc(F)c(F)c3F)cn2)cc1. The lowest BCUT2D eigenvalue weighted by molar-refractivity contribution is 0.102. The second-order valence-electron chi connectivity index (χ2n) is 6.18. The smallest absolute Gasteiger partial charge is 0.257 e. The summed E-state index contributed by atoms with van der Waals surface area (Å²) in [5.74, 6) is -4.62. The van der Waals surface area contributed by atoms with Crippen molar-refractivity contribution in [3.05, 3.63) is 77.7 Å². The number of nitrogens with one attached hydrogen (secondary N) is 2. The molecule has 0 spiro atoms. The number of hydrogen-bond donors (Lipinski definition) is 2. The highest BCUT2D eigenvalue weighted by Gasteiger charge is 2.16. The third-order valence-electron chi connectivity index (χ3n) is 3.97. The average Bonchev–Trinajstić information content (AvgIpc) is 2.69. The Morgan fingerprint density at radius 1 is 0.929 bits per heavy atom. The summed E-state index contributed by atoms with van der Waals surface area (Å²) in [4.78, 5) is 18.3. The van der Waals surface area contributed by atoms with E-state index in [9.17, 15) is 18.0 Å². The zero-order valence-corrected chi connectivity index (χ0v) is 15.1. The predicted molar refractivity (Wildman–Crippen MR) is 103 cm³/mol. The van der Waals surface area contributed by atoms with Crippen molar-refractivity contribution in [1.82, 2.24) is 4.98 Å². The number of hydrogen-bond acceptors (Lipinski definition) is 4. The van der Waals surface area contributed by atoms with E-state index in [1.54, 1.807) is 6.07 Å². The molecular formula is C20H17F3N4O. The molecule has 0 unspecified atom stereocenters. The zero-order chi connectivity index (χ0) is 20.3. The van der Waals surface area contributed by atoms with Gasteiger partial charge < -0.3 is 15.5 Å². The molecule has 0 atom stereocenters. The average molecular weight is 386 g/mol. The van der Waals surface area contributed by atoms with Crippen molar-refractivity contribution in [1.29, 1.82) is 0 Å². The second kappa shape index (κ2) is 7.99. The minimum atomic E-state index is -1.64. The third kappa shape index (κ3) is 4.22. The van der Waals surface area contributed by atoms with Crippen molar-refractivity contribution in [3.8, 4) is 0 Å². The first-order chi connectivity index (χ1) is 13.3. The fourth-order valence-electron chi connectivity index (χ4n) is 2.41. The molecule has 2 N–H and O–H groups in total. The maximum Gasteiger partial charge on any atom is 0.257 e. The van der Waals surface area contributed by atoms with Crippen LogP contribution in [0, 0.1) is 17.5 Å². The Labute approximate surface area is 159 Å². The van der Waals surface area contributed by atoms with Crippen LogP contribution in [0.4, 0.5) is 36.1 Å². The maximum atomic E-state index is 13.7. The van der Waals surface area contributed by atoms with Crippen LogP contribution < -0.4 is 15.5 Å². The van der Waals surface area contributed by atoms with Crippen molar-refractivity contribution in [2.24, 2.45) is 0 Å². The topological polar surface area (TPSA) is 57.3 Å². The van der Waals surface area contributed by atoms with Crippen LogP contribution in [-0.2, 0) is 0 Å². The summed E-state index contributed by atoms with van der Waals surface area (Å²) in [5, 5.41) is 5.29. The van der Waals surface area contributed by atoms with Crippen LogP contribution in [0.3, 0.4) is 0 Å². The van der Waals surface area contributed by atoms with Crippen LogP contribution in [0.15, 0.2) is 54.7 Å². The number of anilines is 4. The highest BCUT2D eigenvalue weighted by atomic mass is 19.2. The summed E-state index contributed by atoms with van der Waals surface area (Å²) in [5.41, 5.74) is 1.55. The lowest BCUT2D eigenvalue weighted by Crippen LogP contribution is -2.14. The molecule has 0 fully saturated rings. The molecule has 0 bridgehead atoms. The van der Waals surface area contributed by atoms with Crippen molar-refractivity contribution in [2.45, 2.75) is 0 Å². The Kier molecular flexibility index (Phi) is 5.49. The predicted octanol–water partition coefficient (Wildman–Crippen LogP) is 4.56. The van der Waals surface area contributed by atoms with Crippen LogP contribution in [0.2, 0.25) is 0 Å². The molecule has 144 valence electrons. The lowest BCUT2D eigenvalue weighted by atomic mass is 10.2. The van der Waals surface area contributed by atoms with Crippen molar-refractivity contribution >= 4 is 28.8 Å². The first-order valence-corrected chi connectivity index (χ1v) is 8.30. The Morgan fingerprint density at radius 2 is 1.64 bits per heavy atom. The van der Waals surface area contributed by atoms with E-state index in [1.807, 2.05) is 43.3 Å². The molecule has 3 aromatic rings. The van der Waals surface area contributed by atoms with Gasteiger partial charge in [-0.1, -0.05) is 0 Å². The summed E-state index contributed by atoms with van der Waals surface area (Å²) in [6.07, 6.45) is 1.30. The molecule has 0 radical (unpaired) electrons. The molecule has 2 aromatic carbocycles. The lowest BCUT2D eigenvalue weighted by Gasteiger charge is -2.13. The fourth-order valence-corrected chi connectivity index (χ4v) is 2.41. The molecule has 0 aliphatic heterocycles. The standard InChI is InChI=1S/C20H17F3N4O/c1-27(2)14-6-4-13(5-7-14)25-17-10-3-12(11-24-17)20(28)26-16-9-8-15(21)18(22)19(16)23/h3-11H,1-2H3,(H,24,25)(H,26,28). The van der Waals surface area contributed by atoms with Crippen molar-refractivity contribution in [3.63, 3.8) is 0 Å². The fraction of sp³-hybridized carbons (Fsp3) is 0.100.